The summed E-state index contributed by atoms with van der Waals surface area (Å²) >= 11 is 0. The molecule has 0 unspecified atom stereocenters. The van der Waals surface area contributed by atoms with Gasteiger partial charge in [-0.15, -0.1) is 12.3 Å². The summed E-state index contributed by atoms with van der Waals surface area (Å²) in [6.45, 7) is 2.07. The molecule has 1 aliphatic rings. The van der Waals surface area contributed by atoms with Crippen molar-refractivity contribution >= 4 is 15.9 Å². The number of rotatable bonds is 9. The van der Waals surface area contributed by atoms with E-state index in [0.717, 1.165) is 6.26 Å². The first-order valence-corrected chi connectivity index (χ1v) is 9.33. The van der Waals surface area contributed by atoms with Crippen LogP contribution in [0.2, 0.25) is 0 Å². The minimum absolute atomic E-state index is 0.0000861. The summed E-state index contributed by atoms with van der Waals surface area (Å²) < 4.78 is 29.9. The van der Waals surface area contributed by atoms with E-state index in [1.165, 1.54) is 6.07 Å². The van der Waals surface area contributed by atoms with Gasteiger partial charge in [-0.3, -0.25) is 4.79 Å². The number of nitrogens with zero attached hydrogens (tertiary/aromatic N) is 2. The maximum atomic E-state index is 12.2. The molecule has 130 valence electrons. The second kappa shape index (κ2) is 7.15. The van der Waals surface area contributed by atoms with Gasteiger partial charge in [0, 0.05) is 25.8 Å². The summed E-state index contributed by atoms with van der Waals surface area (Å²) in [7, 11) is -3.32. The predicted octanol–water partition coefficient (Wildman–Crippen LogP) is 1.33. The molecule has 24 heavy (non-hydrogen) atoms. The Hall–Kier alpha value is -2.18. The molecule has 0 aromatic carbocycles. The smallest absolute Gasteiger partial charge is 0.254 e. The molecule has 9 heteroatoms. The van der Waals surface area contributed by atoms with E-state index in [4.69, 9.17) is 10.8 Å². The van der Waals surface area contributed by atoms with E-state index in [1.807, 2.05) is 0 Å². The number of aryl methyl sites for hydroxylation is 1. The SMILES string of the molecule is C#CCCC1(CCNC(=O)c2cc(CNS(C)(=O)=O)oc2C)N=N1. The largest absolute Gasteiger partial charge is 0.464 e. The van der Waals surface area contributed by atoms with E-state index in [9.17, 15) is 13.2 Å². The van der Waals surface area contributed by atoms with Gasteiger partial charge in [-0.2, -0.15) is 10.2 Å². The van der Waals surface area contributed by atoms with Crippen LogP contribution in [0.5, 0.6) is 0 Å². The lowest BCUT2D eigenvalue weighted by Gasteiger charge is -2.09. The number of furan rings is 1. The van der Waals surface area contributed by atoms with Gasteiger partial charge in [0.05, 0.1) is 18.4 Å². The van der Waals surface area contributed by atoms with Gasteiger partial charge in [-0.1, -0.05) is 0 Å². The van der Waals surface area contributed by atoms with E-state index in [1.54, 1.807) is 6.92 Å². The fraction of sp³-hybridized carbons (Fsp3) is 0.533. The van der Waals surface area contributed by atoms with Crippen LogP contribution in [-0.4, -0.2) is 32.8 Å². The highest BCUT2D eigenvalue weighted by atomic mass is 32.2. The standard InChI is InChI=1S/C15H20N4O4S/c1-4-5-6-15(18-19-15)7-8-16-14(20)13-9-12(23-11(13)2)10-17-24(3,21)22/h1,9,17H,5-8,10H2,2-3H3,(H,16,20). The summed E-state index contributed by atoms with van der Waals surface area (Å²) in [5.41, 5.74) is -0.0574. The van der Waals surface area contributed by atoms with Gasteiger partial charge < -0.3 is 9.73 Å². The van der Waals surface area contributed by atoms with Crippen molar-refractivity contribution in [1.29, 1.82) is 0 Å². The number of amides is 1. The molecule has 0 atom stereocenters. The van der Waals surface area contributed by atoms with Crippen LogP contribution in [0.25, 0.3) is 0 Å². The van der Waals surface area contributed by atoms with Gasteiger partial charge in [0.15, 0.2) is 5.66 Å². The van der Waals surface area contributed by atoms with E-state index in [-0.39, 0.29) is 12.5 Å². The van der Waals surface area contributed by atoms with E-state index in [2.05, 4.69) is 26.2 Å². The Balaban J connectivity index is 1.84. The molecule has 2 heterocycles. The average Bonchev–Trinajstić information content (AvgIpc) is 3.16. The van der Waals surface area contributed by atoms with Crippen LogP contribution in [0.1, 0.15) is 41.1 Å². The lowest BCUT2D eigenvalue weighted by molar-refractivity contribution is 0.0950. The van der Waals surface area contributed by atoms with Crippen molar-refractivity contribution in [2.45, 2.75) is 38.4 Å². The van der Waals surface area contributed by atoms with Crippen molar-refractivity contribution in [1.82, 2.24) is 10.0 Å². The Morgan fingerprint density at radius 2 is 2.12 bits per heavy atom. The Kier molecular flexibility index (Phi) is 5.41. The van der Waals surface area contributed by atoms with Gasteiger partial charge >= 0.3 is 0 Å². The Morgan fingerprint density at radius 3 is 2.71 bits per heavy atom. The Morgan fingerprint density at radius 1 is 1.42 bits per heavy atom. The molecular weight excluding hydrogens is 332 g/mol. The molecule has 1 aromatic rings. The van der Waals surface area contributed by atoms with E-state index >= 15 is 0 Å². The summed E-state index contributed by atoms with van der Waals surface area (Å²) in [5, 5.41) is 10.8. The maximum Gasteiger partial charge on any atom is 0.254 e. The van der Waals surface area contributed by atoms with Gasteiger partial charge in [-0.25, -0.2) is 13.1 Å². The first-order valence-electron chi connectivity index (χ1n) is 7.44. The monoisotopic (exact) mass is 352 g/mol. The highest BCUT2D eigenvalue weighted by Gasteiger charge is 2.38. The third-order valence-electron chi connectivity index (χ3n) is 3.59. The third-order valence-corrected chi connectivity index (χ3v) is 4.25. The van der Waals surface area contributed by atoms with Crippen molar-refractivity contribution < 1.29 is 17.6 Å². The van der Waals surface area contributed by atoms with E-state index in [0.29, 0.717) is 42.9 Å². The zero-order valence-corrected chi connectivity index (χ0v) is 14.4. The normalized spacial score (nSPS) is 15.0. The van der Waals surface area contributed by atoms with Crippen LogP contribution < -0.4 is 10.0 Å². The zero-order valence-electron chi connectivity index (χ0n) is 13.6. The molecule has 0 saturated carbocycles. The third kappa shape index (κ3) is 5.18. The number of carbonyl (C=O) groups is 1. The topological polar surface area (TPSA) is 113 Å². The van der Waals surface area contributed by atoms with Gasteiger partial charge in [0.1, 0.15) is 11.5 Å². The highest BCUT2D eigenvalue weighted by molar-refractivity contribution is 7.88. The molecule has 1 amide bonds. The lowest BCUT2D eigenvalue weighted by atomic mass is 10.0. The number of nitrogens with one attached hydrogen (secondary N) is 2. The molecule has 0 bridgehead atoms. The quantitative estimate of drug-likeness (QED) is 0.653. The van der Waals surface area contributed by atoms with Gasteiger partial charge in [-0.05, 0) is 13.0 Å². The molecule has 0 spiro atoms. The molecule has 1 aliphatic heterocycles. The lowest BCUT2D eigenvalue weighted by Crippen LogP contribution is -2.28. The van der Waals surface area contributed by atoms with Gasteiger partial charge in [0.25, 0.3) is 5.91 Å². The first-order chi connectivity index (χ1) is 11.2. The van der Waals surface area contributed by atoms with Crippen molar-refractivity contribution in [3.8, 4) is 12.3 Å². The van der Waals surface area contributed by atoms with Crippen molar-refractivity contribution in [2.24, 2.45) is 10.2 Å². The van der Waals surface area contributed by atoms with Crippen LogP contribution in [0.15, 0.2) is 20.7 Å². The van der Waals surface area contributed by atoms with Crippen molar-refractivity contribution in [3.63, 3.8) is 0 Å². The maximum absolute atomic E-state index is 12.2. The zero-order chi connectivity index (χ0) is 17.8. The van der Waals surface area contributed by atoms with E-state index < -0.39 is 15.7 Å². The summed E-state index contributed by atoms with van der Waals surface area (Å²) in [6.07, 6.45) is 8.17. The minimum atomic E-state index is -3.32. The fourth-order valence-electron chi connectivity index (χ4n) is 2.20. The van der Waals surface area contributed by atoms with Crippen molar-refractivity contribution in [3.05, 3.63) is 23.2 Å². The second-order valence-corrected chi connectivity index (χ2v) is 7.50. The highest BCUT2D eigenvalue weighted by Crippen LogP contribution is 2.36. The first kappa shape index (κ1) is 18.2. The molecule has 1 aromatic heterocycles. The molecule has 0 radical (unpaired) electrons. The minimum Gasteiger partial charge on any atom is -0.464 e. The molecular formula is C15H20N4O4S. The number of carbonyl (C=O) groups excluding carboxylic acids is 1. The summed E-state index contributed by atoms with van der Waals surface area (Å²) in [6, 6.07) is 1.53. The number of terminal acetylenes is 1. The molecule has 2 rings (SSSR count). The van der Waals surface area contributed by atoms with Crippen LogP contribution in [0.4, 0.5) is 0 Å². The molecule has 0 fully saturated rings. The Labute approximate surface area is 141 Å². The number of hydrogen-bond acceptors (Lipinski definition) is 6. The number of hydrogen-bond donors (Lipinski definition) is 2. The molecule has 8 nitrogen and oxygen atoms in total. The summed E-state index contributed by atoms with van der Waals surface area (Å²) in [4.78, 5) is 12.2. The average molecular weight is 352 g/mol. The predicted molar refractivity (Wildman–Crippen MR) is 87.7 cm³/mol. The molecule has 0 aliphatic carbocycles. The van der Waals surface area contributed by atoms with Crippen molar-refractivity contribution in [2.75, 3.05) is 12.8 Å². The fourth-order valence-corrected chi connectivity index (χ4v) is 2.60. The summed E-state index contributed by atoms with van der Waals surface area (Å²) in [5.74, 6) is 3.08. The van der Waals surface area contributed by atoms with Gasteiger partial charge in [0.2, 0.25) is 10.0 Å². The molecule has 0 saturated heterocycles. The van der Waals surface area contributed by atoms with Crippen LogP contribution in [0, 0.1) is 19.3 Å². The Bertz CT molecular complexity index is 783. The molecule has 2 N–H and O–H groups in total. The number of sulfonamides is 1. The van der Waals surface area contributed by atoms with Crippen LogP contribution in [-0.2, 0) is 16.6 Å². The second-order valence-electron chi connectivity index (χ2n) is 5.67. The van der Waals surface area contributed by atoms with Crippen LogP contribution in [0.3, 0.4) is 0 Å². The van der Waals surface area contributed by atoms with Crippen LogP contribution >= 0.6 is 0 Å².